The fraction of sp³-hybridized carbons (Fsp3) is 0.150. The smallest absolute Gasteiger partial charge is 0.340 e. The van der Waals surface area contributed by atoms with Crippen LogP contribution in [0.15, 0.2) is 60.8 Å². The summed E-state index contributed by atoms with van der Waals surface area (Å²) in [6.45, 7) is 0.189. The first-order chi connectivity index (χ1) is 12.6. The predicted octanol–water partition coefficient (Wildman–Crippen LogP) is 2.97. The molecule has 3 rings (SSSR count). The van der Waals surface area contributed by atoms with Crippen molar-refractivity contribution in [2.45, 2.75) is 6.54 Å². The fourth-order valence-corrected chi connectivity index (χ4v) is 2.65. The number of carbonyl (C=O) groups is 2. The van der Waals surface area contributed by atoms with Crippen LogP contribution in [0.4, 0.5) is 0 Å². The molecule has 1 aromatic heterocycles. The van der Waals surface area contributed by atoms with Crippen LogP contribution in [0.1, 0.15) is 15.9 Å². The lowest BCUT2D eigenvalue weighted by atomic mass is 10.1. The van der Waals surface area contributed by atoms with E-state index in [0.717, 1.165) is 5.56 Å². The number of carboxylic acid groups (broad SMARTS) is 1. The van der Waals surface area contributed by atoms with Crippen molar-refractivity contribution in [3.8, 4) is 5.75 Å². The average Bonchev–Trinajstić information content (AvgIpc) is 2.66. The molecule has 26 heavy (non-hydrogen) atoms. The van der Waals surface area contributed by atoms with Gasteiger partial charge < -0.3 is 14.7 Å². The summed E-state index contributed by atoms with van der Waals surface area (Å²) in [6, 6.07) is 16.5. The Morgan fingerprint density at radius 1 is 1.08 bits per heavy atom. The van der Waals surface area contributed by atoms with E-state index in [1.165, 1.54) is 11.1 Å². The van der Waals surface area contributed by atoms with E-state index in [1.54, 1.807) is 31.3 Å². The lowest BCUT2D eigenvalue weighted by Gasteiger charge is -2.18. The number of hydrogen-bond acceptors (Lipinski definition) is 4. The van der Waals surface area contributed by atoms with Crippen molar-refractivity contribution in [2.75, 3.05) is 13.7 Å². The quantitative estimate of drug-likeness (QED) is 0.739. The van der Waals surface area contributed by atoms with Crippen molar-refractivity contribution in [3.05, 3.63) is 71.9 Å². The molecule has 6 nitrogen and oxygen atoms in total. The summed E-state index contributed by atoms with van der Waals surface area (Å²) in [5.74, 6) is -1.29. The van der Waals surface area contributed by atoms with Gasteiger partial charge in [0.1, 0.15) is 5.56 Å². The Hall–Kier alpha value is -3.41. The van der Waals surface area contributed by atoms with E-state index < -0.39 is 5.97 Å². The summed E-state index contributed by atoms with van der Waals surface area (Å²) < 4.78 is 5.49. The molecular weight excluding hydrogens is 332 g/mol. The van der Waals surface area contributed by atoms with Crippen LogP contribution in [0.2, 0.25) is 0 Å². The number of nitrogens with zero attached hydrogens (tertiary/aromatic N) is 2. The number of ether oxygens (including phenoxy) is 1. The minimum atomic E-state index is -1.12. The van der Waals surface area contributed by atoms with Gasteiger partial charge in [0, 0.05) is 19.0 Å². The number of amides is 1. The van der Waals surface area contributed by atoms with Crippen LogP contribution < -0.4 is 4.74 Å². The molecule has 0 radical (unpaired) electrons. The minimum Gasteiger partial charge on any atom is -0.481 e. The number of pyridine rings is 1. The lowest BCUT2D eigenvalue weighted by Crippen LogP contribution is -2.31. The molecule has 0 spiro atoms. The summed E-state index contributed by atoms with van der Waals surface area (Å²) in [6.07, 6.45) is 1.34. The molecule has 1 heterocycles. The van der Waals surface area contributed by atoms with Crippen molar-refractivity contribution in [1.29, 1.82) is 0 Å². The van der Waals surface area contributed by atoms with E-state index in [2.05, 4.69) is 4.98 Å². The molecular formula is C20H18N2O4. The van der Waals surface area contributed by atoms with Gasteiger partial charge in [-0.1, -0.05) is 48.5 Å². The van der Waals surface area contributed by atoms with Gasteiger partial charge in [0.25, 0.3) is 5.91 Å². The zero-order chi connectivity index (χ0) is 18.5. The molecule has 6 heteroatoms. The zero-order valence-corrected chi connectivity index (χ0v) is 14.3. The van der Waals surface area contributed by atoms with Crippen LogP contribution >= 0.6 is 0 Å². The number of likely N-dealkylation sites (N-methyl/N-ethyl adjacent to an activating group) is 1. The van der Waals surface area contributed by atoms with Crippen molar-refractivity contribution in [1.82, 2.24) is 9.88 Å². The molecule has 1 N–H and O–H groups in total. The van der Waals surface area contributed by atoms with Crippen LogP contribution in [0.3, 0.4) is 0 Å². The lowest BCUT2D eigenvalue weighted by molar-refractivity contribution is -0.132. The number of aromatic nitrogens is 1. The van der Waals surface area contributed by atoms with Gasteiger partial charge in [-0.15, -0.1) is 0 Å². The van der Waals surface area contributed by atoms with Crippen molar-refractivity contribution < 1.29 is 19.4 Å². The molecule has 0 saturated heterocycles. The van der Waals surface area contributed by atoms with Gasteiger partial charge in [0.05, 0.1) is 11.7 Å². The Morgan fingerprint density at radius 3 is 2.50 bits per heavy atom. The Morgan fingerprint density at radius 2 is 1.77 bits per heavy atom. The van der Waals surface area contributed by atoms with E-state index in [0.29, 0.717) is 17.4 Å². The molecule has 0 fully saturated rings. The van der Waals surface area contributed by atoms with Crippen molar-refractivity contribution >= 4 is 22.8 Å². The first kappa shape index (κ1) is 17.4. The fourth-order valence-electron chi connectivity index (χ4n) is 2.65. The maximum atomic E-state index is 12.3. The number of carboxylic acids is 1. The predicted molar refractivity (Wildman–Crippen MR) is 97.1 cm³/mol. The average molecular weight is 350 g/mol. The highest BCUT2D eigenvalue weighted by molar-refractivity contribution is 6.04. The van der Waals surface area contributed by atoms with Crippen LogP contribution in [-0.4, -0.2) is 40.5 Å². The van der Waals surface area contributed by atoms with E-state index in [-0.39, 0.29) is 23.8 Å². The third-order valence-corrected chi connectivity index (χ3v) is 3.99. The number of carbonyl (C=O) groups excluding carboxylic acids is 1. The van der Waals surface area contributed by atoms with Crippen LogP contribution in [0, 0.1) is 0 Å². The van der Waals surface area contributed by atoms with Gasteiger partial charge in [0.2, 0.25) is 0 Å². The first-order valence-corrected chi connectivity index (χ1v) is 8.08. The molecule has 0 atom stereocenters. The molecule has 1 amide bonds. The molecule has 0 unspecified atom stereocenters. The van der Waals surface area contributed by atoms with E-state index in [4.69, 9.17) is 4.74 Å². The highest BCUT2D eigenvalue weighted by Gasteiger charge is 2.18. The van der Waals surface area contributed by atoms with Gasteiger partial charge in [0.15, 0.2) is 12.4 Å². The Kier molecular flexibility index (Phi) is 5.12. The summed E-state index contributed by atoms with van der Waals surface area (Å²) in [5.41, 5.74) is 1.57. The second kappa shape index (κ2) is 7.65. The standard InChI is InChI=1S/C20H18N2O4/c1-22(12-14-7-3-2-4-8-14)18(23)13-26-17-11-21-16-10-6-5-9-15(16)19(17)20(24)25/h2-11H,12-13H2,1H3,(H,24,25). The van der Waals surface area contributed by atoms with Crippen LogP contribution in [0.5, 0.6) is 5.75 Å². The minimum absolute atomic E-state index is 0.00844. The van der Waals surface area contributed by atoms with Gasteiger partial charge in [-0.05, 0) is 11.6 Å². The molecule has 132 valence electrons. The third kappa shape index (κ3) is 3.80. The summed E-state index contributed by atoms with van der Waals surface area (Å²) in [7, 11) is 1.68. The number of rotatable bonds is 6. The number of para-hydroxylation sites is 1. The van der Waals surface area contributed by atoms with E-state index in [1.807, 2.05) is 30.3 Å². The molecule has 2 aromatic carbocycles. The number of benzene rings is 2. The van der Waals surface area contributed by atoms with E-state index >= 15 is 0 Å². The van der Waals surface area contributed by atoms with Gasteiger partial charge >= 0.3 is 5.97 Å². The van der Waals surface area contributed by atoms with Crippen LogP contribution in [-0.2, 0) is 11.3 Å². The van der Waals surface area contributed by atoms with Crippen molar-refractivity contribution in [2.24, 2.45) is 0 Å². The number of aromatic carboxylic acids is 1. The Labute approximate surface area is 150 Å². The monoisotopic (exact) mass is 350 g/mol. The molecule has 0 aliphatic heterocycles. The summed E-state index contributed by atoms with van der Waals surface area (Å²) >= 11 is 0. The summed E-state index contributed by atoms with van der Waals surface area (Å²) in [4.78, 5) is 29.7. The zero-order valence-electron chi connectivity index (χ0n) is 14.3. The third-order valence-electron chi connectivity index (χ3n) is 3.99. The molecule has 0 saturated carbocycles. The molecule has 0 bridgehead atoms. The topological polar surface area (TPSA) is 79.7 Å². The number of hydrogen-bond donors (Lipinski definition) is 1. The maximum Gasteiger partial charge on any atom is 0.340 e. The highest BCUT2D eigenvalue weighted by Crippen LogP contribution is 2.26. The second-order valence-electron chi connectivity index (χ2n) is 5.84. The van der Waals surface area contributed by atoms with E-state index in [9.17, 15) is 14.7 Å². The normalized spacial score (nSPS) is 10.5. The van der Waals surface area contributed by atoms with Gasteiger partial charge in [-0.3, -0.25) is 9.78 Å². The largest absolute Gasteiger partial charge is 0.481 e. The Balaban J connectivity index is 1.74. The van der Waals surface area contributed by atoms with Crippen LogP contribution in [0.25, 0.3) is 10.9 Å². The van der Waals surface area contributed by atoms with Gasteiger partial charge in [-0.25, -0.2) is 4.79 Å². The second-order valence-corrected chi connectivity index (χ2v) is 5.84. The summed E-state index contributed by atoms with van der Waals surface area (Å²) in [5, 5.41) is 10.0. The SMILES string of the molecule is CN(Cc1ccccc1)C(=O)COc1cnc2ccccc2c1C(=O)O. The van der Waals surface area contributed by atoms with Gasteiger partial charge in [-0.2, -0.15) is 0 Å². The maximum absolute atomic E-state index is 12.3. The highest BCUT2D eigenvalue weighted by atomic mass is 16.5. The Bertz CT molecular complexity index is 941. The molecule has 0 aliphatic carbocycles. The molecule has 3 aromatic rings. The first-order valence-electron chi connectivity index (χ1n) is 8.08. The number of fused-ring (bicyclic) bond motifs is 1. The molecule has 0 aliphatic rings. The van der Waals surface area contributed by atoms with Crippen molar-refractivity contribution in [3.63, 3.8) is 0 Å².